The van der Waals surface area contributed by atoms with Crippen molar-refractivity contribution in [2.45, 2.75) is 6.10 Å². The second kappa shape index (κ2) is 5.77. The molecule has 1 atom stereocenters. The van der Waals surface area contributed by atoms with Gasteiger partial charge < -0.3 is 30.9 Å². The minimum Gasteiger partial charge on any atom is -0.482 e. The lowest BCUT2D eigenvalue weighted by Gasteiger charge is -2.21. The van der Waals surface area contributed by atoms with Crippen molar-refractivity contribution in [2.75, 3.05) is 43.2 Å². The average Bonchev–Trinajstić information content (AvgIpc) is 2.37. The Balaban J connectivity index is 2.08. The minimum absolute atomic E-state index is 0.00817. The van der Waals surface area contributed by atoms with Crippen molar-refractivity contribution in [3.8, 4) is 5.75 Å². The molecule has 1 unspecified atom stereocenters. The molecular weight excluding hydrogens is 250 g/mol. The van der Waals surface area contributed by atoms with Crippen LogP contribution in [-0.2, 0) is 9.53 Å². The van der Waals surface area contributed by atoms with Gasteiger partial charge in [-0.3, -0.25) is 4.79 Å². The molecule has 7 nitrogen and oxygen atoms in total. The van der Waals surface area contributed by atoms with Gasteiger partial charge in [0.05, 0.1) is 29.8 Å². The number of amides is 1. The largest absolute Gasteiger partial charge is 0.482 e. The number of carbonyl (C=O) groups is 1. The second-order valence-corrected chi connectivity index (χ2v) is 4.26. The summed E-state index contributed by atoms with van der Waals surface area (Å²) in [5.74, 6) is 0.336. The van der Waals surface area contributed by atoms with Crippen LogP contribution < -0.4 is 21.1 Å². The first-order valence-corrected chi connectivity index (χ1v) is 5.87. The first-order valence-electron chi connectivity index (χ1n) is 5.87. The summed E-state index contributed by atoms with van der Waals surface area (Å²) in [6.07, 6.45) is -0.633. The number of ether oxygens (including phenoxy) is 2. The number of anilines is 3. The van der Waals surface area contributed by atoms with Crippen LogP contribution >= 0.6 is 0 Å². The third-order valence-electron chi connectivity index (χ3n) is 2.67. The number of hydrogen-bond donors (Lipinski definition) is 4. The Morgan fingerprint density at radius 1 is 1.63 bits per heavy atom. The summed E-state index contributed by atoms with van der Waals surface area (Å²) in [6, 6.07) is 3.32. The average molecular weight is 267 g/mol. The molecule has 0 radical (unpaired) electrons. The van der Waals surface area contributed by atoms with Crippen molar-refractivity contribution in [2.24, 2.45) is 0 Å². The number of nitrogens with two attached hydrogens (primary N) is 1. The molecule has 0 bridgehead atoms. The lowest BCUT2D eigenvalue weighted by Crippen LogP contribution is -2.26. The number of hydrogen-bond acceptors (Lipinski definition) is 6. The van der Waals surface area contributed by atoms with E-state index >= 15 is 0 Å². The first kappa shape index (κ1) is 13.4. The van der Waals surface area contributed by atoms with Gasteiger partial charge >= 0.3 is 0 Å². The summed E-state index contributed by atoms with van der Waals surface area (Å²) in [7, 11) is 1.52. The highest BCUT2D eigenvalue weighted by atomic mass is 16.5. The van der Waals surface area contributed by atoms with Crippen LogP contribution in [0.1, 0.15) is 0 Å². The molecule has 0 saturated carbocycles. The van der Waals surface area contributed by atoms with Crippen molar-refractivity contribution in [1.82, 2.24) is 0 Å². The highest BCUT2D eigenvalue weighted by molar-refractivity contribution is 5.97. The van der Waals surface area contributed by atoms with Crippen molar-refractivity contribution >= 4 is 23.0 Å². The molecule has 1 heterocycles. The lowest BCUT2D eigenvalue weighted by atomic mass is 10.2. The van der Waals surface area contributed by atoms with E-state index in [9.17, 15) is 9.90 Å². The van der Waals surface area contributed by atoms with E-state index in [0.29, 0.717) is 29.4 Å². The van der Waals surface area contributed by atoms with E-state index in [1.54, 1.807) is 12.1 Å². The van der Waals surface area contributed by atoms with Gasteiger partial charge in [-0.05, 0) is 6.07 Å². The Kier molecular flexibility index (Phi) is 4.08. The second-order valence-electron chi connectivity index (χ2n) is 4.26. The molecular formula is C12H17N3O4. The number of carbonyl (C=O) groups excluding carboxylic acids is 1. The van der Waals surface area contributed by atoms with E-state index in [0.717, 1.165) is 0 Å². The molecule has 0 aromatic heterocycles. The third-order valence-corrected chi connectivity index (χ3v) is 2.67. The third kappa shape index (κ3) is 3.27. The molecule has 0 spiro atoms. The van der Waals surface area contributed by atoms with E-state index in [2.05, 4.69) is 10.6 Å². The SMILES string of the molecule is COCC(O)CNc1cc2c(cc1N)OCC(=O)N2. The molecule has 19 heavy (non-hydrogen) atoms. The van der Waals surface area contributed by atoms with Crippen molar-refractivity contribution in [3.63, 3.8) is 0 Å². The van der Waals surface area contributed by atoms with Crippen LogP contribution in [0, 0.1) is 0 Å². The zero-order valence-electron chi connectivity index (χ0n) is 10.6. The van der Waals surface area contributed by atoms with E-state index < -0.39 is 6.10 Å². The van der Waals surface area contributed by atoms with E-state index in [-0.39, 0.29) is 19.1 Å². The molecule has 1 aromatic carbocycles. The number of aliphatic hydroxyl groups is 1. The Bertz CT molecular complexity index is 478. The van der Waals surface area contributed by atoms with E-state index in [1.165, 1.54) is 7.11 Å². The van der Waals surface area contributed by atoms with Crippen molar-refractivity contribution < 1.29 is 19.4 Å². The van der Waals surface area contributed by atoms with Gasteiger partial charge in [-0.2, -0.15) is 0 Å². The predicted molar refractivity (Wildman–Crippen MR) is 71.4 cm³/mol. The number of benzene rings is 1. The van der Waals surface area contributed by atoms with Crippen LogP contribution in [-0.4, -0.2) is 44.0 Å². The van der Waals surface area contributed by atoms with Gasteiger partial charge in [-0.1, -0.05) is 0 Å². The van der Waals surface area contributed by atoms with Crippen LogP contribution in [0.5, 0.6) is 5.75 Å². The van der Waals surface area contributed by atoms with E-state index in [1.807, 2.05) is 0 Å². The zero-order chi connectivity index (χ0) is 13.8. The minimum atomic E-state index is -0.633. The number of rotatable bonds is 5. The van der Waals surface area contributed by atoms with Gasteiger partial charge in [0.1, 0.15) is 5.75 Å². The van der Waals surface area contributed by atoms with Gasteiger partial charge in [-0.25, -0.2) is 0 Å². The Morgan fingerprint density at radius 3 is 3.16 bits per heavy atom. The van der Waals surface area contributed by atoms with Crippen molar-refractivity contribution in [1.29, 1.82) is 0 Å². The summed E-state index contributed by atoms with van der Waals surface area (Å²) >= 11 is 0. The van der Waals surface area contributed by atoms with Gasteiger partial charge in [-0.15, -0.1) is 0 Å². The van der Waals surface area contributed by atoms with Crippen molar-refractivity contribution in [3.05, 3.63) is 12.1 Å². The smallest absolute Gasteiger partial charge is 0.262 e. The maximum Gasteiger partial charge on any atom is 0.262 e. The molecule has 0 aliphatic carbocycles. The molecule has 7 heteroatoms. The highest BCUT2D eigenvalue weighted by Crippen LogP contribution is 2.35. The molecule has 1 aromatic rings. The molecule has 2 rings (SSSR count). The maximum absolute atomic E-state index is 11.2. The molecule has 1 aliphatic rings. The number of nitrogens with one attached hydrogen (secondary N) is 2. The normalized spacial score (nSPS) is 15.2. The predicted octanol–water partition coefficient (Wildman–Crippen LogP) is 0.0189. The summed E-state index contributed by atoms with van der Waals surface area (Å²) in [6.45, 7) is 0.523. The molecule has 1 aliphatic heterocycles. The summed E-state index contributed by atoms with van der Waals surface area (Å²) < 4.78 is 10.1. The Hall–Kier alpha value is -1.99. The van der Waals surface area contributed by atoms with Crippen LogP contribution in [0.2, 0.25) is 0 Å². The molecule has 0 fully saturated rings. The van der Waals surface area contributed by atoms with Crippen LogP contribution in [0.3, 0.4) is 0 Å². The number of methoxy groups -OCH3 is 1. The van der Waals surface area contributed by atoms with Crippen LogP contribution in [0.25, 0.3) is 0 Å². The summed E-state index contributed by atoms with van der Waals surface area (Å²) in [5.41, 5.74) is 7.55. The number of nitrogen functional groups attached to an aromatic ring is 1. The zero-order valence-corrected chi connectivity index (χ0v) is 10.6. The fourth-order valence-electron chi connectivity index (χ4n) is 1.77. The van der Waals surface area contributed by atoms with Gasteiger partial charge in [0.2, 0.25) is 0 Å². The lowest BCUT2D eigenvalue weighted by molar-refractivity contribution is -0.118. The van der Waals surface area contributed by atoms with Crippen LogP contribution in [0.15, 0.2) is 12.1 Å². The van der Waals surface area contributed by atoms with Crippen LogP contribution in [0.4, 0.5) is 17.1 Å². The molecule has 104 valence electrons. The fourth-order valence-corrected chi connectivity index (χ4v) is 1.77. The molecule has 1 amide bonds. The van der Waals surface area contributed by atoms with Gasteiger partial charge in [0, 0.05) is 19.7 Å². The number of fused-ring (bicyclic) bond motifs is 1. The van der Waals surface area contributed by atoms with Gasteiger partial charge in [0.25, 0.3) is 5.91 Å². The summed E-state index contributed by atoms with van der Waals surface area (Å²) in [4.78, 5) is 11.2. The Labute approximate surface area is 110 Å². The summed E-state index contributed by atoms with van der Waals surface area (Å²) in [5, 5.41) is 15.3. The highest BCUT2D eigenvalue weighted by Gasteiger charge is 2.18. The van der Waals surface area contributed by atoms with Gasteiger partial charge in [0.15, 0.2) is 6.61 Å². The fraction of sp³-hybridized carbons (Fsp3) is 0.417. The molecule has 0 saturated heterocycles. The standard InChI is InChI=1S/C12H17N3O4/c1-18-5-7(16)4-14-9-3-10-11(2-8(9)13)19-6-12(17)15-10/h2-3,7,14,16H,4-6,13H2,1H3,(H,15,17). The monoisotopic (exact) mass is 267 g/mol. The maximum atomic E-state index is 11.2. The Morgan fingerprint density at radius 2 is 2.42 bits per heavy atom. The topological polar surface area (TPSA) is 106 Å². The molecule has 5 N–H and O–H groups in total. The first-order chi connectivity index (χ1) is 9.10. The van der Waals surface area contributed by atoms with E-state index in [4.69, 9.17) is 15.2 Å². The quantitative estimate of drug-likeness (QED) is 0.560. The number of aliphatic hydroxyl groups excluding tert-OH is 1.